The smallest absolute Gasteiger partial charge is 0.229 e. The molecule has 0 aliphatic heterocycles. The number of nitrogens with one attached hydrogen (secondary N) is 1. The minimum Gasteiger partial charge on any atom is -0.324 e. The Kier molecular flexibility index (Phi) is 6.13. The zero-order valence-corrected chi connectivity index (χ0v) is 16.0. The third-order valence-electron chi connectivity index (χ3n) is 3.94. The Hall–Kier alpha value is -3.39. The summed E-state index contributed by atoms with van der Waals surface area (Å²) in [6.45, 7) is 1.24. The van der Waals surface area contributed by atoms with Gasteiger partial charge in [-0.05, 0) is 23.8 Å². The predicted molar refractivity (Wildman–Crippen MR) is 105 cm³/mol. The summed E-state index contributed by atoms with van der Waals surface area (Å²) >= 11 is 6.06. The molecule has 6 nitrogen and oxygen atoms in total. The minimum absolute atomic E-state index is 0.0386. The van der Waals surface area contributed by atoms with E-state index in [-0.39, 0.29) is 29.5 Å². The zero-order valence-electron chi connectivity index (χ0n) is 15.2. The molecule has 0 aliphatic carbocycles. The molecule has 0 spiro atoms. The Morgan fingerprint density at radius 2 is 1.86 bits per heavy atom. The molecule has 2 amide bonds. The fourth-order valence-electron chi connectivity index (χ4n) is 2.65. The summed E-state index contributed by atoms with van der Waals surface area (Å²) in [5.41, 5.74) is 1.01. The molecule has 29 heavy (non-hydrogen) atoms. The number of nitrogens with zero attached hydrogens (tertiary/aromatic N) is 3. The van der Waals surface area contributed by atoms with E-state index in [1.165, 1.54) is 25.3 Å². The van der Waals surface area contributed by atoms with Crippen LogP contribution in [0.15, 0.2) is 54.7 Å². The normalized spacial score (nSPS) is 10.5. The average Bonchev–Trinajstić information content (AvgIpc) is 2.67. The lowest BCUT2D eigenvalue weighted by molar-refractivity contribution is -0.116. The van der Waals surface area contributed by atoms with Crippen molar-refractivity contribution in [2.24, 2.45) is 0 Å². The van der Waals surface area contributed by atoms with Crippen LogP contribution in [-0.2, 0) is 16.0 Å². The maximum atomic E-state index is 13.6. The molecule has 2 aromatic carbocycles. The molecule has 0 aliphatic rings. The summed E-state index contributed by atoms with van der Waals surface area (Å²) in [6.07, 6.45) is 1.34. The molecule has 1 aromatic heterocycles. The highest BCUT2D eigenvalue weighted by atomic mass is 35.5. The number of rotatable bonds is 5. The molecule has 0 atom stereocenters. The molecule has 3 aromatic rings. The van der Waals surface area contributed by atoms with Gasteiger partial charge in [0.2, 0.25) is 11.8 Å². The van der Waals surface area contributed by atoms with E-state index in [1.54, 1.807) is 24.3 Å². The number of amides is 2. The van der Waals surface area contributed by atoms with Crippen molar-refractivity contribution in [1.29, 1.82) is 0 Å². The topological polar surface area (TPSA) is 75.2 Å². The third-order valence-corrected chi connectivity index (χ3v) is 4.31. The first-order valence-corrected chi connectivity index (χ1v) is 8.84. The number of hydrogen-bond acceptors (Lipinski definition) is 4. The number of aromatic nitrogens is 2. The van der Waals surface area contributed by atoms with Crippen molar-refractivity contribution in [2.75, 3.05) is 10.2 Å². The van der Waals surface area contributed by atoms with Gasteiger partial charge in [0, 0.05) is 24.1 Å². The molecule has 0 fully saturated rings. The molecule has 3 rings (SSSR count). The van der Waals surface area contributed by atoms with E-state index in [4.69, 9.17) is 11.6 Å². The van der Waals surface area contributed by atoms with Crippen molar-refractivity contribution in [2.45, 2.75) is 13.3 Å². The summed E-state index contributed by atoms with van der Waals surface area (Å²) < 4.78 is 26.8. The maximum absolute atomic E-state index is 13.6. The summed E-state index contributed by atoms with van der Waals surface area (Å²) in [6, 6.07) is 11.4. The van der Waals surface area contributed by atoms with Crippen molar-refractivity contribution >= 4 is 40.6 Å². The van der Waals surface area contributed by atoms with Gasteiger partial charge in [-0.25, -0.2) is 8.78 Å². The number of benzene rings is 2. The average molecular weight is 417 g/mol. The first-order valence-electron chi connectivity index (χ1n) is 8.47. The van der Waals surface area contributed by atoms with Crippen molar-refractivity contribution in [3.63, 3.8) is 0 Å². The molecule has 1 N–H and O–H groups in total. The SMILES string of the molecule is CC(=O)N(c1ccc(F)c(F)c1)c1cc(NC(=O)Cc2ccccc2Cl)cnn1. The largest absolute Gasteiger partial charge is 0.324 e. The van der Waals surface area contributed by atoms with E-state index in [0.29, 0.717) is 10.6 Å². The van der Waals surface area contributed by atoms with Crippen LogP contribution >= 0.6 is 11.6 Å². The monoisotopic (exact) mass is 416 g/mol. The Labute approximate surface area is 170 Å². The number of carbonyl (C=O) groups is 2. The van der Waals surface area contributed by atoms with Crippen LogP contribution in [0.25, 0.3) is 0 Å². The van der Waals surface area contributed by atoms with Crippen molar-refractivity contribution in [3.05, 3.63) is 76.9 Å². The van der Waals surface area contributed by atoms with Gasteiger partial charge >= 0.3 is 0 Å². The van der Waals surface area contributed by atoms with Gasteiger partial charge in [-0.3, -0.25) is 14.5 Å². The van der Waals surface area contributed by atoms with E-state index in [0.717, 1.165) is 17.0 Å². The molecule has 1 heterocycles. The second-order valence-corrected chi connectivity index (χ2v) is 6.48. The molecule has 148 valence electrons. The van der Waals surface area contributed by atoms with Crippen LogP contribution in [0.2, 0.25) is 5.02 Å². The van der Waals surface area contributed by atoms with Crippen LogP contribution in [0.4, 0.5) is 26.0 Å². The van der Waals surface area contributed by atoms with E-state index >= 15 is 0 Å². The van der Waals surface area contributed by atoms with Gasteiger partial charge in [0.15, 0.2) is 17.5 Å². The predicted octanol–water partition coefficient (Wildman–Crippen LogP) is 4.27. The molecule has 9 heteroatoms. The zero-order chi connectivity index (χ0) is 21.0. The van der Waals surface area contributed by atoms with Crippen LogP contribution in [0, 0.1) is 11.6 Å². The lowest BCUT2D eigenvalue weighted by Crippen LogP contribution is -2.24. The third kappa shape index (κ3) is 4.91. The van der Waals surface area contributed by atoms with Gasteiger partial charge in [0.25, 0.3) is 0 Å². The van der Waals surface area contributed by atoms with E-state index < -0.39 is 17.5 Å². The highest BCUT2D eigenvalue weighted by molar-refractivity contribution is 6.31. The molecule has 0 bridgehead atoms. The number of halogens is 3. The van der Waals surface area contributed by atoms with Crippen molar-refractivity contribution in [3.8, 4) is 0 Å². The molecule has 0 radical (unpaired) electrons. The second-order valence-electron chi connectivity index (χ2n) is 6.07. The molecule has 0 saturated carbocycles. The van der Waals surface area contributed by atoms with Crippen LogP contribution in [0.5, 0.6) is 0 Å². The first kappa shape index (κ1) is 20.3. The van der Waals surface area contributed by atoms with Crippen LogP contribution < -0.4 is 10.2 Å². The molecule has 0 saturated heterocycles. The highest BCUT2D eigenvalue weighted by Crippen LogP contribution is 2.27. The quantitative estimate of drug-likeness (QED) is 0.673. The van der Waals surface area contributed by atoms with Crippen molar-refractivity contribution < 1.29 is 18.4 Å². The minimum atomic E-state index is -1.11. The highest BCUT2D eigenvalue weighted by Gasteiger charge is 2.19. The van der Waals surface area contributed by atoms with Crippen molar-refractivity contribution in [1.82, 2.24) is 10.2 Å². The number of anilines is 3. The second kappa shape index (κ2) is 8.74. The standard InChI is InChI=1S/C20H15ClF2N4O2/c1-12(28)27(15-6-7-17(22)18(23)10-15)19-9-14(11-24-26-19)25-20(29)8-13-4-2-3-5-16(13)21/h2-7,9-11H,8H2,1H3,(H,25,26,29). The molecule has 0 unspecified atom stereocenters. The van der Waals surface area contributed by atoms with Gasteiger partial charge in [0.05, 0.1) is 24.0 Å². The molecular formula is C20H15ClF2N4O2. The lowest BCUT2D eigenvalue weighted by atomic mass is 10.1. The summed E-state index contributed by atoms with van der Waals surface area (Å²) in [5.74, 6) is -2.95. The van der Waals surface area contributed by atoms with Crippen LogP contribution in [0.3, 0.4) is 0 Å². The summed E-state index contributed by atoms with van der Waals surface area (Å²) in [5, 5.41) is 10.8. The molecular weight excluding hydrogens is 402 g/mol. The number of carbonyl (C=O) groups excluding carboxylic acids is 2. The van der Waals surface area contributed by atoms with E-state index in [9.17, 15) is 18.4 Å². The Bertz CT molecular complexity index is 1080. The van der Waals surface area contributed by atoms with E-state index in [1.807, 2.05) is 0 Å². The maximum Gasteiger partial charge on any atom is 0.229 e. The summed E-state index contributed by atoms with van der Waals surface area (Å²) in [7, 11) is 0. The summed E-state index contributed by atoms with van der Waals surface area (Å²) in [4.78, 5) is 25.5. The van der Waals surface area contributed by atoms with E-state index in [2.05, 4.69) is 15.5 Å². The van der Waals surface area contributed by atoms with Gasteiger partial charge < -0.3 is 5.32 Å². The fraction of sp³-hybridized carbons (Fsp3) is 0.100. The van der Waals surface area contributed by atoms with Crippen LogP contribution in [-0.4, -0.2) is 22.0 Å². The number of hydrogen-bond donors (Lipinski definition) is 1. The Morgan fingerprint density at radius 3 is 2.55 bits per heavy atom. The first-order chi connectivity index (χ1) is 13.8. The lowest BCUT2D eigenvalue weighted by Gasteiger charge is -2.20. The van der Waals surface area contributed by atoms with Gasteiger partial charge in [-0.15, -0.1) is 5.10 Å². The fourth-order valence-corrected chi connectivity index (χ4v) is 2.86. The van der Waals surface area contributed by atoms with Gasteiger partial charge in [-0.1, -0.05) is 29.8 Å². The van der Waals surface area contributed by atoms with Crippen LogP contribution in [0.1, 0.15) is 12.5 Å². The Morgan fingerprint density at radius 1 is 1.10 bits per heavy atom. The van der Waals surface area contributed by atoms with Gasteiger partial charge in [-0.2, -0.15) is 5.10 Å². The van der Waals surface area contributed by atoms with Gasteiger partial charge in [0.1, 0.15) is 0 Å². The Balaban J connectivity index is 1.83.